The number of amides is 2. The number of ether oxygens (including phenoxy) is 1. The second kappa shape index (κ2) is 9.78. The second-order valence-corrected chi connectivity index (χ2v) is 7.03. The van der Waals surface area contributed by atoms with Gasteiger partial charge in [-0.05, 0) is 43.7 Å². The first kappa shape index (κ1) is 20.5. The lowest BCUT2D eigenvalue weighted by molar-refractivity contribution is -0.150. The van der Waals surface area contributed by atoms with Crippen molar-refractivity contribution >= 4 is 35.2 Å². The Morgan fingerprint density at radius 2 is 1.70 bits per heavy atom. The number of hydrogen-bond acceptors (Lipinski definition) is 5. The maximum absolute atomic E-state index is 12.1. The van der Waals surface area contributed by atoms with Crippen molar-refractivity contribution in [2.75, 3.05) is 11.1 Å². The average Bonchev–Trinajstić information content (AvgIpc) is 2.63. The molecule has 3 N–H and O–H groups in total. The summed E-state index contributed by atoms with van der Waals surface area (Å²) in [5.74, 6) is -0.572. The van der Waals surface area contributed by atoms with Crippen LogP contribution in [0.5, 0.6) is 0 Å². The van der Waals surface area contributed by atoms with Crippen molar-refractivity contribution in [2.24, 2.45) is 5.73 Å². The number of esters is 1. The monoisotopic (exact) mass is 386 g/mol. The molecule has 0 saturated heterocycles. The van der Waals surface area contributed by atoms with Crippen LogP contribution < -0.4 is 11.1 Å². The Balaban J connectivity index is 1.75. The van der Waals surface area contributed by atoms with Gasteiger partial charge in [-0.25, -0.2) is 0 Å². The van der Waals surface area contributed by atoms with Crippen LogP contribution in [0.25, 0.3) is 0 Å². The molecule has 2 aromatic carbocycles. The Labute approximate surface area is 162 Å². The molecule has 0 heterocycles. The molecule has 0 aliphatic rings. The highest BCUT2D eigenvalue weighted by Gasteiger charge is 2.18. The summed E-state index contributed by atoms with van der Waals surface area (Å²) in [6.07, 6.45) is -0.923. The first-order chi connectivity index (χ1) is 12.8. The van der Waals surface area contributed by atoms with Gasteiger partial charge in [0.2, 0.25) is 5.91 Å². The third-order valence-electron chi connectivity index (χ3n) is 3.72. The van der Waals surface area contributed by atoms with Crippen molar-refractivity contribution in [3.8, 4) is 0 Å². The summed E-state index contributed by atoms with van der Waals surface area (Å²) in [4.78, 5) is 35.0. The Morgan fingerprint density at radius 1 is 1.07 bits per heavy atom. The van der Waals surface area contributed by atoms with Crippen LogP contribution in [0.3, 0.4) is 0 Å². The first-order valence-corrected chi connectivity index (χ1v) is 9.54. The van der Waals surface area contributed by atoms with Gasteiger partial charge in [-0.15, -0.1) is 11.8 Å². The zero-order chi connectivity index (χ0) is 19.8. The molecule has 2 amide bonds. The van der Waals surface area contributed by atoms with E-state index < -0.39 is 23.9 Å². The number of thioether (sulfide) groups is 1. The van der Waals surface area contributed by atoms with Crippen molar-refractivity contribution in [3.05, 3.63) is 65.2 Å². The van der Waals surface area contributed by atoms with Gasteiger partial charge in [-0.3, -0.25) is 14.4 Å². The predicted octanol–water partition coefficient (Wildman–Crippen LogP) is 2.90. The van der Waals surface area contributed by atoms with Crippen LogP contribution in [0, 0.1) is 6.92 Å². The third-order valence-corrected chi connectivity index (χ3v) is 4.70. The minimum absolute atomic E-state index is 0.165. The second-order valence-electron chi connectivity index (χ2n) is 6.04. The van der Waals surface area contributed by atoms with Gasteiger partial charge < -0.3 is 15.8 Å². The number of carbonyl (C=O) groups excluding carboxylic acids is 3. The molecule has 0 aliphatic carbocycles. The largest absolute Gasteiger partial charge is 0.452 e. The molecule has 2 rings (SSSR count). The molecule has 0 saturated carbocycles. The Bertz CT molecular complexity index is 804. The summed E-state index contributed by atoms with van der Waals surface area (Å²) in [5, 5.41) is 2.63. The number of rotatable bonds is 8. The first-order valence-electron chi connectivity index (χ1n) is 8.38. The molecule has 0 fully saturated rings. The van der Waals surface area contributed by atoms with Crippen molar-refractivity contribution in [1.82, 2.24) is 0 Å². The van der Waals surface area contributed by atoms with Gasteiger partial charge in [0.05, 0.1) is 5.75 Å². The fraction of sp³-hybridized carbons (Fsp3) is 0.250. The number of nitrogens with two attached hydrogens (primary N) is 1. The normalized spacial score (nSPS) is 11.5. The predicted molar refractivity (Wildman–Crippen MR) is 106 cm³/mol. The minimum Gasteiger partial charge on any atom is -0.452 e. The highest BCUT2D eigenvalue weighted by Crippen LogP contribution is 2.14. The number of aryl methyl sites for hydroxylation is 1. The van der Waals surface area contributed by atoms with Gasteiger partial charge in [0.25, 0.3) is 5.91 Å². The number of carbonyl (C=O) groups is 3. The van der Waals surface area contributed by atoms with Crippen molar-refractivity contribution < 1.29 is 19.1 Å². The molecule has 27 heavy (non-hydrogen) atoms. The molecular weight excluding hydrogens is 364 g/mol. The topological polar surface area (TPSA) is 98.5 Å². The van der Waals surface area contributed by atoms with Gasteiger partial charge in [-0.1, -0.05) is 29.8 Å². The Hall–Kier alpha value is -2.80. The van der Waals surface area contributed by atoms with E-state index in [0.29, 0.717) is 17.0 Å². The number of anilines is 1. The molecule has 0 aliphatic heterocycles. The van der Waals surface area contributed by atoms with E-state index in [1.165, 1.54) is 36.4 Å². The van der Waals surface area contributed by atoms with Gasteiger partial charge in [-0.2, -0.15) is 0 Å². The van der Waals surface area contributed by atoms with E-state index in [4.69, 9.17) is 10.5 Å². The average molecular weight is 386 g/mol. The summed E-state index contributed by atoms with van der Waals surface area (Å²) < 4.78 is 5.16. The van der Waals surface area contributed by atoms with Crippen LogP contribution in [0.15, 0.2) is 48.5 Å². The highest BCUT2D eigenvalue weighted by molar-refractivity contribution is 7.99. The lowest BCUT2D eigenvalue weighted by atomic mass is 10.2. The van der Waals surface area contributed by atoms with Gasteiger partial charge >= 0.3 is 5.97 Å². The SMILES string of the molecule is Cc1ccc(CSCC(=O)O[C@@H](C)C(=O)Nc2ccc(C(N)=O)cc2)cc1. The Morgan fingerprint density at radius 3 is 2.30 bits per heavy atom. The van der Waals surface area contributed by atoms with E-state index >= 15 is 0 Å². The van der Waals surface area contributed by atoms with Gasteiger partial charge in [0.15, 0.2) is 6.10 Å². The summed E-state index contributed by atoms with van der Waals surface area (Å²) in [6.45, 7) is 3.53. The summed E-state index contributed by atoms with van der Waals surface area (Å²) >= 11 is 1.43. The van der Waals surface area contributed by atoms with E-state index in [1.54, 1.807) is 12.1 Å². The molecule has 0 aromatic heterocycles. The van der Waals surface area contributed by atoms with E-state index in [2.05, 4.69) is 5.32 Å². The van der Waals surface area contributed by atoms with Crippen molar-refractivity contribution in [2.45, 2.75) is 25.7 Å². The van der Waals surface area contributed by atoms with Crippen molar-refractivity contribution in [1.29, 1.82) is 0 Å². The molecule has 0 unspecified atom stereocenters. The summed E-state index contributed by atoms with van der Waals surface area (Å²) in [5.41, 5.74) is 8.31. The molecule has 6 nitrogen and oxygen atoms in total. The van der Waals surface area contributed by atoms with Crippen LogP contribution >= 0.6 is 11.8 Å². The lowest BCUT2D eigenvalue weighted by Gasteiger charge is -2.13. The Kier molecular flexibility index (Phi) is 7.43. The zero-order valence-corrected chi connectivity index (χ0v) is 16.0. The molecule has 0 spiro atoms. The van der Waals surface area contributed by atoms with E-state index in [1.807, 2.05) is 31.2 Å². The summed E-state index contributed by atoms with van der Waals surface area (Å²) in [6, 6.07) is 14.2. The molecule has 2 aromatic rings. The smallest absolute Gasteiger partial charge is 0.316 e. The standard InChI is InChI=1S/C20H22N2O4S/c1-13-3-5-15(6-4-13)11-27-12-18(23)26-14(2)20(25)22-17-9-7-16(8-10-17)19(21)24/h3-10,14H,11-12H2,1-2H3,(H2,21,24)(H,22,25)/t14-/m0/s1. The van der Waals surface area contributed by atoms with Crippen molar-refractivity contribution in [3.63, 3.8) is 0 Å². The maximum atomic E-state index is 12.1. The molecule has 142 valence electrons. The molecule has 7 heteroatoms. The summed E-state index contributed by atoms with van der Waals surface area (Å²) in [7, 11) is 0. The van der Waals surface area contributed by atoms with Crippen LogP contribution in [0.1, 0.15) is 28.4 Å². The minimum atomic E-state index is -0.923. The number of benzene rings is 2. The quantitative estimate of drug-likeness (QED) is 0.680. The van der Waals surface area contributed by atoms with Gasteiger partial charge in [0.1, 0.15) is 0 Å². The van der Waals surface area contributed by atoms with E-state index in [-0.39, 0.29) is 5.75 Å². The zero-order valence-electron chi connectivity index (χ0n) is 15.2. The van der Waals surface area contributed by atoms with E-state index in [0.717, 1.165) is 5.56 Å². The molecule has 0 radical (unpaired) electrons. The number of hydrogen-bond donors (Lipinski definition) is 2. The number of nitrogens with one attached hydrogen (secondary N) is 1. The lowest BCUT2D eigenvalue weighted by Crippen LogP contribution is -2.30. The maximum Gasteiger partial charge on any atom is 0.316 e. The fourth-order valence-electron chi connectivity index (χ4n) is 2.18. The van der Waals surface area contributed by atoms with Crippen LogP contribution in [-0.2, 0) is 20.1 Å². The molecule has 0 bridgehead atoms. The number of primary amides is 1. The van der Waals surface area contributed by atoms with Crippen LogP contribution in [0.2, 0.25) is 0 Å². The van der Waals surface area contributed by atoms with E-state index in [9.17, 15) is 14.4 Å². The van der Waals surface area contributed by atoms with Crippen LogP contribution in [0.4, 0.5) is 5.69 Å². The van der Waals surface area contributed by atoms with Gasteiger partial charge in [0, 0.05) is 17.0 Å². The van der Waals surface area contributed by atoms with Crippen LogP contribution in [-0.4, -0.2) is 29.6 Å². The third kappa shape index (κ3) is 6.79. The molecular formula is C20H22N2O4S. The highest BCUT2D eigenvalue weighted by atomic mass is 32.2. The fourth-order valence-corrected chi connectivity index (χ4v) is 2.95. The molecule has 1 atom stereocenters.